The van der Waals surface area contributed by atoms with Crippen LogP contribution in [0.25, 0.3) is 11.4 Å². The molecule has 0 N–H and O–H groups in total. The molecule has 2 aromatic carbocycles. The van der Waals surface area contributed by atoms with E-state index in [0.717, 1.165) is 15.8 Å². The minimum Gasteiger partial charge on any atom is -0.266 e. The number of nitrogens with zero attached hydrogens (tertiary/aromatic N) is 4. The number of halogens is 1. The standard InChI is InChI=1S/C9H7BrN2.C9H7N2.C2H6S.2CH4.Pt/c10-8-4-1-2-5-9(8)12-7-3-6-11-12;1-2-5-9(6-3-1)11-8-4-7-10-11;1-3-2;;;/h1-7H;1-5,7-8H;1-2H3;2*1H4;/q;-1;;;;. The predicted molar refractivity (Wildman–Crippen MR) is 127 cm³/mol. The number of benzene rings is 2. The van der Waals surface area contributed by atoms with Crippen LogP contribution in [-0.4, -0.2) is 32.1 Å². The van der Waals surface area contributed by atoms with E-state index >= 15 is 0 Å². The first-order valence-electron chi connectivity index (χ1n) is 7.87. The fourth-order valence-electron chi connectivity index (χ4n) is 1.99. The topological polar surface area (TPSA) is 35.6 Å². The van der Waals surface area contributed by atoms with Crippen molar-refractivity contribution in [1.82, 2.24) is 19.6 Å². The Kier molecular flexibility index (Phi) is 17.6. The second-order valence-corrected chi connectivity index (χ2v) is 6.68. The molecule has 0 amide bonds. The van der Waals surface area contributed by atoms with Crippen LogP contribution in [0.1, 0.15) is 14.9 Å². The fraction of sp³-hybridized carbons (Fsp3) is 0.182. The van der Waals surface area contributed by atoms with Gasteiger partial charge >= 0.3 is 0 Å². The Labute approximate surface area is 202 Å². The Morgan fingerprint density at radius 3 is 1.86 bits per heavy atom. The van der Waals surface area contributed by atoms with E-state index in [1.54, 1.807) is 28.8 Å². The van der Waals surface area contributed by atoms with Gasteiger partial charge in [0.25, 0.3) is 0 Å². The van der Waals surface area contributed by atoms with Gasteiger partial charge in [-0.05, 0) is 58.4 Å². The van der Waals surface area contributed by atoms with Gasteiger partial charge < -0.3 is 0 Å². The number of hydrogen-bond donors (Lipinski definition) is 0. The second-order valence-electron chi connectivity index (χ2n) is 5.01. The van der Waals surface area contributed by atoms with Crippen molar-refractivity contribution in [2.75, 3.05) is 12.5 Å². The minimum absolute atomic E-state index is 0. The maximum atomic E-state index is 4.13. The molecule has 4 aromatic rings. The Morgan fingerprint density at radius 2 is 1.38 bits per heavy atom. The van der Waals surface area contributed by atoms with Crippen molar-refractivity contribution in [1.29, 1.82) is 0 Å². The molecule has 2 aromatic heterocycles. The molecule has 0 radical (unpaired) electrons. The van der Waals surface area contributed by atoms with Crippen LogP contribution in [0, 0.1) is 6.07 Å². The molecule has 0 unspecified atom stereocenters. The summed E-state index contributed by atoms with van der Waals surface area (Å²) in [7, 11) is 0. The van der Waals surface area contributed by atoms with E-state index in [-0.39, 0.29) is 35.9 Å². The molecule has 160 valence electrons. The van der Waals surface area contributed by atoms with Crippen molar-refractivity contribution in [3.63, 3.8) is 0 Å². The Balaban J connectivity index is 0. The van der Waals surface area contributed by atoms with Gasteiger partial charge in [0.2, 0.25) is 0 Å². The molecule has 0 saturated carbocycles. The van der Waals surface area contributed by atoms with Gasteiger partial charge in [0.05, 0.1) is 5.69 Å². The summed E-state index contributed by atoms with van der Waals surface area (Å²) in [6.07, 6.45) is 11.4. The number of rotatable bonds is 2. The summed E-state index contributed by atoms with van der Waals surface area (Å²) in [6, 6.07) is 22.6. The third-order valence-corrected chi connectivity index (χ3v) is 3.72. The zero-order valence-electron chi connectivity index (χ0n) is 15.0. The Hall–Kier alpha value is -1.62. The van der Waals surface area contributed by atoms with Crippen LogP contribution in [-0.2, 0) is 21.1 Å². The SMILES string of the molecule is Brc1ccccc1-n1cccn1.C.C.CSC.[Pt].[c-]1ccccc1-n1cccn1. The molecular weight excluding hydrogens is 627 g/mol. The monoisotopic (exact) mass is 654 g/mol. The fourth-order valence-corrected chi connectivity index (χ4v) is 2.45. The number of aromatic nitrogens is 4. The number of hydrogen-bond acceptors (Lipinski definition) is 3. The Bertz CT molecular complexity index is 854. The molecule has 0 aliphatic carbocycles. The molecule has 0 aliphatic rings. The minimum atomic E-state index is 0. The molecule has 29 heavy (non-hydrogen) atoms. The van der Waals surface area contributed by atoms with Crippen LogP contribution in [0.2, 0.25) is 0 Å². The van der Waals surface area contributed by atoms with E-state index < -0.39 is 0 Å². The van der Waals surface area contributed by atoms with E-state index in [9.17, 15) is 0 Å². The van der Waals surface area contributed by atoms with Crippen molar-refractivity contribution in [2.24, 2.45) is 0 Å². The number of para-hydroxylation sites is 2. The summed E-state index contributed by atoms with van der Waals surface area (Å²) >= 11 is 5.21. The third-order valence-electron chi connectivity index (χ3n) is 3.05. The molecule has 4 nitrogen and oxygen atoms in total. The van der Waals surface area contributed by atoms with E-state index in [0.29, 0.717) is 0 Å². The van der Waals surface area contributed by atoms with Crippen molar-refractivity contribution in [2.45, 2.75) is 14.9 Å². The average molecular weight is 656 g/mol. The van der Waals surface area contributed by atoms with Gasteiger partial charge in [-0.15, -0.1) is 6.07 Å². The second kappa shape index (κ2) is 17.3. The maximum absolute atomic E-state index is 4.13. The quantitative estimate of drug-likeness (QED) is 0.230. The van der Waals surface area contributed by atoms with Crippen LogP contribution in [0.4, 0.5) is 0 Å². The van der Waals surface area contributed by atoms with Gasteiger partial charge in [-0.25, -0.2) is 4.68 Å². The van der Waals surface area contributed by atoms with Crippen LogP contribution in [0.5, 0.6) is 0 Å². The molecule has 0 aliphatic heterocycles. The van der Waals surface area contributed by atoms with E-state index in [4.69, 9.17) is 0 Å². The smallest absolute Gasteiger partial charge is 0.0787 e. The van der Waals surface area contributed by atoms with Gasteiger partial charge in [0, 0.05) is 50.3 Å². The van der Waals surface area contributed by atoms with Gasteiger partial charge in [-0.2, -0.15) is 46.2 Å². The molecule has 7 heteroatoms. The molecule has 4 rings (SSSR count). The van der Waals surface area contributed by atoms with Gasteiger partial charge in [0.15, 0.2) is 0 Å². The molecular formula is C22H28BrN4PtS-. The summed E-state index contributed by atoms with van der Waals surface area (Å²) in [4.78, 5) is 0. The van der Waals surface area contributed by atoms with Crippen LogP contribution in [0.3, 0.4) is 0 Å². The summed E-state index contributed by atoms with van der Waals surface area (Å²) in [5.74, 6) is 0. The van der Waals surface area contributed by atoms with Crippen molar-refractivity contribution >= 4 is 27.7 Å². The van der Waals surface area contributed by atoms with Crippen molar-refractivity contribution in [3.05, 3.63) is 96.0 Å². The molecule has 0 fully saturated rings. The molecule has 0 spiro atoms. The molecule has 0 saturated heterocycles. The largest absolute Gasteiger partial charge is 0.266 e. The zero-order chi connectivity index (χ0) is 18.6. The van der Waals surface area contributed by atoms with Gasteiger partial charge in [-0.3, -0.25) is 4.68 Å². The molecule has 0 atom stereocenters. The summed E-state index contributed by atoms with van der Waals surface area (Å²) in [5, 5.41) is 8.21. The first kappa shape index (κ1) is 29.6. The predicted octanol–water partition coefficient (Wildman–Crippen LogP) is 6.56. The molecule has 0 bridgehead atoms. The summed E-state index contributed by atoms with van der Waals surface area (Å²) < 4.78 is 4.65. The summed E-state index contributed by atoms with van der Waals surface area (Å²) in [5.41, 5.74) is 2.03. The molecule has 2 heterocycles. The zero-order valence-corrected chi connectivity index (χ0v) is 19.6. The van der Waals surface area contributed by atoms with E-state index in [1.165, 1.54) is 0 Å². The van der Waals surface area contributed by atoms with Crippen molar-refractivity contribution in [3.8, 4) is 11.4 Å². The summed E-state index contributed by atoms with van der Waals surface area (Å²) in [6.45, 7) is 0. The first-order valence-corrected chi connectivity index (χ1v) is 10.3. The first-order chi connectivity index (χ1) is 12.8. The maximum Gasteiger partial charge on any atom is 0.0787 e. The number of thioether (sulfide) groups is 1. The third kappa shape index (κ3) is 10.1. The normalized spacial score (nSPS) is 8.52. The van der Waals surface area contributed by atoms with E-state index in [1.807, 2.05) is 90.3 Å². The Morgan fingerprint density at radius 1 is 0.828 bits per heavy atom. The van der Waals surface area contributed by atoms with Crippen LogP contribution < -0.4 is 0 Å². The average Bonchev–Trinajstić information content (AvgIpc) is 3.38. The van der Waals surface area contributed by atoms with Crippen molar-refractivity contribution < 1.29 is 21.1 Å². The van der Waals surface area contributed by atoms with E-state index in [2.05, 4.69) is 32.2 Å². The van der Waals surface area contributed by atoms with Crippen LogP contribution in [0.15, 0.2) is 89.9 Å². The van der Waals surface area contributed by atoms with Gasteiger partial charge in [0.1, 0.15) is 0 Å². The van der Waals surface area contributed by atoms with Gasteiger partial charge in [-0.1, -0.05) is 27.0 Å². The van der Waals surface area contributed by atoms with Crippen LogP contribution >= 0.6 is 27.7 Å².